The van der Waals surface area contributed by atoms with E-state index >= 15 is 0 Å². The van der Waals surface area contributed by atoms with Gasteiger partial charge in [-0.1, -0.05) is 11.8 Å². The van der Waals surface area contributed by atoms with Gasteiger partial charge in [0, 0.05) is 30.3 Å². The molecule has 1 amide bonds. The van der Waals surface area contributed by atoms with Crippen LogP contribution in [0.5, 0.6) is 0 Å². The second-order valence-corrected chi connectivity index (χ2v) is 8.49. The minimum Gasteiger partial charge on any atom is -0.326 e. The van der Waals surface area contributed by atoms with Crippen molar-refractivity contribution in [2.24, 2.45) is 4.99 Å². The summed E-state index contributed by atoms with van der Waals surface area (Å²) in [5, 5.41) is 5.65. The molecule has 1 aromatic heterocycles. The van der Waals surface area contributed by atoms with Gasteiger partial charge in [-0.25, -0.2) is 23.1 Å². The summed E-state index contributed by atoms with van der Waals surface area (Å²) < 4.78 is 27.0. The smallest absolute Gasteiger partial charge is 0.264 e. The maximum Gasteiger partial charge on any atom is 0.264 e. The highest BCUT2D eigenvalue weighted by molar-refractivity contribution is 8.16. The Kier molecular flexibility index (Phi) is 5.01. The van der Waals surface area contributed by atoms with Crippen molar-refractivity contribution in [1.82, 2.24) is 14.9 Å². The SMILES string of the molecule is O=C(CC1=CSC2=NCCN12)Nc1ccc(S(=O)(=O)Nc2ncccn2)cc1. The molecule has 1 aromatic carbocycles. The van der Waals surface area contributed by atoms with Gasteiger partial charge >= 0.3 is 0 Å². The van der Waals surface area contributed by atoms with Crippen LogP contribution in [-0.4, -0.2) is 47.5 Å². The number of rotatable bonds is 6. The molecule has 2 aromatic rings. The number of hydrogen-bond acceptors (Lipinski definition) is 8. The number of hydrogen-bond donors (Lipinski definition) is 2. The van der Waals surface area contributed by atoms with E-state index < -0.39 is 10.0 Å². The Hall–Kier alpha value is -2.92. The van der Waals surface area contributed by atoms with Crippen LogP contribution in [0.25, 0.3) is 0 Å². The van der Waals surface area contributed by atoms with Crippen molar-refractivity contribution >= 4 is 44.5 Å². The monoisotopic (exact) mass is 416 g/mol. The fourth-order valence-electron chi connectivity index (χ4n) is 2.73. The van der Waals surface area contributed by atoms with E-state index in [4.69, 9.17) is 0 Å². The Morgan fingerprint density at radius 2 is 1.93 bits per heavy atom. The van der Waals surface area contributed by atoms with E-state index in [1.807, 2.05) is 10.3 Å². The number of sulfonamides is 1. The Bertz CT molecular complexity index is 1050. The van der Waals surface area contributed by atoms with Gasteiger partial charge in [0.25, 0.3) is 10.0 Å². The molecule has 28 heavy (non-hydrogen) atoms. The van der Waals surface area contributed by atoms with Crippen LogP contribution in [0, 0.1) is 0 Å². The highest BCUT2D eigenvalue weighted by Crippen LogP contribution is 2.31. The Balaban J connectivity index is 1.38. The zero-order valence-electron chi connectivity index (χ0n) is 14.6. The van der Waals surface area contributed by atoms with Gasteiger partial charge in [-0.05, 0) is 35.7 Å². The molecule has 2 aliphatic heterocycles. The molecule has 11 heteroatoms. The molecular weight excluding hydrogens is 400 g/mol. The molecule has 0 saturated carbocycles. The molecule has 0 saturated heterocycles. The first-order valence-corrected chi connectivity index (χ1v) is 10.7. The molecule has 0 fully saturated rings. The van der Waals surface area contributed by atoms with E-state index in [1.54, 1.807) is 18.2 Å². The molecule has 3 heterocycles. The van der Waals surface area contributed by atoms with Gasteiger partial charge in [-0.2, -0.15) is 0 Å². The average Bonchev–Trinajstić information content (AvgIpc) is 3.28. The summed E-state index contributed by atoms with van der Waals surface area (Å²) in [7, 11) is -3.81. The lowest BCUT2D eigenvalue weighted by Gasteiger charge is -2.16. The van der Waals surface area contributed by atoms with Crippen molar-refractivity contribution in [3.8, 4) is 0 Å². The van der Waals surface area contributed by atoms with Crippen molar-refractivity contribution in [3.05, 3.63) is 53.8 Å². The predicted octanol–water partition coefficient (Wildman–Crippen LogP) is 1.87. The van der Waals surface area contributed by atoms with Crippen LogP contribution in [0.15, 0.2) is 63.7 Å². The number of amidine groups is 1. The molecule has 0 bridgehead atoms. The van der Waals surface area contributed by atoms with Gasteiger partial charge in [-0.3, -0.25) is 9.79 Å². The van der Waals surface area contributed by atoms with Gasteiger partial charge in [0.2, 0.25) is 11.9 Å². The second-order valence-electron chi connectivity index (χ2n) is 5.97. The normalized spacial score (nSPS) is 15.6. The van der Waals surface area contributed by atoms with Gasteiger partial charge in [0.1, 0.15) is 0 Å². The minimum atomic E-state index is -3.81. The third-order valence-electron chi connectivity index (χ3n) is 4.03. The van der Waals surface area contributed by atoms with Crippen LogP contribution in [0.3, 0.4) is 0 Å². The summed E-state index contributed by atoms with van der Waals surface area (Å²) in [6.07, 6.45) is 3.12. The van der Waals surface area contributed by atoms with Crippen molar-refractivity contribution in [3.63, 3.8) is 0 Å². The summed E-state index contributed by atoms with van der Waals surface area (Å²) >= 11 is 1.52. The topological polar surface area (TPSA) is 117 Å². The number of thioether (sulfide) groups is 1. The van der Waals surface area contributed by atoms with Crippen molar-refractivity contribution in [2.75, 3.05) is 23.1 Å². The number of aliphatic imine (C=N–C) groups is 1. The van der Waals surface area contributed by atoms with Gasteiger partial charge in [-0.15, -0.1) is 0 Å². The van der Waals surface area contributed by atoms with E-state index in [9.17, 15) is 13.2 Å². The highest BCUT2D eigenvalue weighted by atomic mass is 32.2. The number of benzene rings is 1. The van der Waals surface area contributed by atoms with Crippen LogP contribution in [0.2, 0.25) is 0 Å². The number of fused-ring (bicyclic) bond motifs is 1. The molecular formula is C17H16N6O3S2. The maximum atomic E-state index is 12.4. The number of carbonyl (C=O) groups excluding carboxylic acids is 1. The standard InChI is InChI=1S/C17H16N6O3S2/c24-15(10-13-11-27-17-20-8-9-23(13)17)21-12-2-4-14(5-3-12)28(25,26)22-16-18-6-1-7-19-16/h1-7,11H,8-10H2,(H,21,24)(H,18,19,22). The molecule has 2 N–H and O–H groups in total. The van der Waals surface area contributed by atoms with E-state index in [1.165, 1.54) is 36.3 Å². The first-order valence-electron chi connectivity index (χ1n) is 8.39. The lowest BCUT2D eigenvalue weighted by molar-refractivity contribution is -0.115. The van der Waals surface area contributed by atoms with Crippen molar-refractivity contribution < 1.29 is 13.2 Å². The molecule has 0 atom stereocenters. The van der Waals surface area contributed by atoms with E-state index in [0.29, 0.717) is 5.69 Å². The summed E-state index contributed by atoms with van der Waals surface area (Å²) in [4.78, 5) is 26.4. The Morgan fingerprint density at radius 1 is 1.18 bits per heavy atom. The first-order chi connectivity index (χ1) is 13.5. The van der Waals surface area contributed by atoms with Gasteiger partial charge < -0.3 is 10.2 Å². The Labute approximate surface area is 166 Å². The lowest BCUT2D eigenvalue weighted by atomic mass is 10.2. The quantitative estimate of drug-likeness (QED) is 0.738. The number of amides is 1. The fourth-order valence-corrected chi connectivity index (χ4v) is 4.65. The molecule has 0 unspecified atom stereocenters. The van der Waals surface area contributed by atoms with E-state index in [0.717, 1.165) is 24.0 Å². The van der Waals surface area contributed by atoms with Crippen LogP contribution < -0.4 is 10.0 Å². The van der Waals surface area contributed by atoms with Gasteiger partial charge in [0.05, 0.1) is 17.9 Å². The number of aromatic nitrogens is 2. The van der Waals surface area contributed by atoms with Crippen molar-refractivity contribution in [1.29, 1.82) is 0 Å². The average molecular weight is 416 g/mol. The molecule has 0 aliphatic carbocycles. The van der Waals surface area contributed by atoms with Crippen LogP contribution in [0.1, 0.15) is 6.42 Å². The molecule has 0 spiro atoms. The molecule has 2 aliphatic rings. The highest BCUT2D eigenvalue weighted by Gasteiger charge is 2.27. The summed E-state index contributed by atoms with van der Waals surface area (Å²) in [5.74, 6) is -0.182. The fraction of sp³-hybridized carbons (Fsp3) is 0.176. The number of nitrogens with zero attached hydrogens (tertiary/aromatic N) is 4. The molecule has 0 radical (unpaired) electrons. The summed E-state index contributed by atoms with van der Waals surface area (Å²) in [6.45, 7) is 1.55. The molecule has 4 rings (SSSR count). The third-order valence-corrected chi connectivity index (χ3v) is 6.32. The van der Waals surface area contributed by atoms with Crippen LogP contribution >= 0.6 is 11.8 Å². The number of carbonyl (C=O) groups is 1. The predicted molar refractivity (Wildman–Crippen MR) is 107 cm³/mol. The summed E-state index contributed by atoms with van der Waals surface area (Å²) in [6, 6.07) is 7.50. The zero-order chi connectivity index (χ0) is 19.6. The number of anilines is 2. The van der Waals surface area contributed by atoms with E-state index in [-0.39, 0.29) is 23.2 Å². The van der Waals surface area contributed by atoms with E-state index in [2.05, 4.69) is 25.0 Å². The Morgan fingerprint density at radius 3 is 2.68 bits per heavy atom. The largest absolute Gasteiger partial charge is 0.326 e. The van der Waals surface area contributed by atoms with Crippen LogP contribution in [-0.2, 0) is 14.8 Å². The third kappa shape index (κ3) is 3.99. The minimum absolute atomic E-state index is 0.00703. The first kappa shape index (κ1) is 18.4. The maximum absolute atomic E-state index is 12.4. The zero-order valence-corrected chi connectivity index (χ0v) is 16.2. The van der Waals surface area contributed by atoms with Crippen LogP contribution in [0.4, 0.5) is 11.6 Å². The molecule has 9 nitrogen and oxygen atoms in total. The lowest BCUT2D eigenvalue weighted by Crippen LogP contribution is -2.24. The molecule has 144 valence electrons. The summed E-state index contributed by atoms with van der Waals surface area (Å²) in [5.41, 5.74) is 1.44. The second kappa shape index (κ2) is 7.60. The number of nitrogens with one attached hydrogen (secondary N) is 2. The van der Waals surface area contributed by atoms with Crippen molar-refractivity contribution in [2.45, 2.75) is 11.3 Å². The van der Waals surface area contributed by atoms with Gasteiger partial charge in [0.15, 0.2) is 5.17 Å².